The Kier molecular flexibility index (Phi) is 6.63. The molecule has 164 valence electrons. The lowest BCUT2D eigenvalue weighted by Crippen LogP contribution is -2.37. The molecule has 0 unspecified atom stereocenters. The molecule has 1 aliphatic rings. The summed E-state index contributed by atoms with van der Waals surface area (Å²) < 4.78 is 53.1. The summed E-state index contributed by atoms with van der Waals surface area (Å²) in [6, 6.07) is 7.82. The first-order valence-electron chi connectivity index (χ1n) is 9.03. The van der Waals surface area contributed by atoms with Crippen LogP contribution in [0.15, 0.2) is 42.5 Å². The third-order valence-electron chi connectivity index (χ3n) is 4.05. The molecule has 3 rings (SSSR count). The number of nitrogens with one attached hydrogen (secondary N) is 2. The second-order valence-electron chi connectivity index (χ2n) is 6.39. The van der Waals surface area contributed by atoms with Crippen LogP contribution in [0.2, 0.25) is 0 Å². The molecular weight excluding hydrogens is 421 g/mol. The predicted octanol–water partition coefficient (Wildman–Crippen LogP) is 2.91. The molecule has 2 N–H and O–H groups in total. The number of alkyl halides is 3. The van der Waals surface area contributed by atoms with Crippen LogP contribution in [0.25, 0.3) is 0 Å². The van der Waals surface area contributed by atoms with Gasteiger partial charge in [0, 0.05) is 11.8 Å². The summed E-state index contributed by atoms with van der Waals surface area (Å²) in [5.74, 6) is -0.723. The number of amides is 3. The Morgan fingerprint density at radius 3 is 2.32 bits per heavy atom. The van der Waals surface area contributed by atoms with Crippen molar-refractivity contribution in [2.75, 3.05) is 25.1 Å². The van der Waals surface area contributed by atoms with Crippen molar-refractivity contribution in [2.24, 2.45) is 0 Å². The fourth-order valence-electron chi connectivity index (χ4n) is 2.62. The number of ether oxygens (including phenoxy) is 3. The Morgan fingerprint density at radius 2 is 1.65 bits per heavy atom. The van der Waals surface area contributed by atoms with Crippen LogP contribution >= 0.6 is 0 Å². The van der Waals surface area contributed by atoms with E-state index in [1.165, 1.54) is 6.07 Å². The van der Waals surface area contributed by atoms with Crippen LogP contribution in [0.1, 0.15) is 11.1 Å². The number of carbonyl (C=O) groups excluding carboxylic acids is 3. The van der Waals surface area contributed by atoms with Gasteiger partial charge in [0.1, 0.15) is 13.2 Å². The molecule has 0 radical (unpaired) electrons. The van der Waals surface area contributed by atoms with Crippen molar-refractivity contribution in [2.45, 2.75) is 12.6 Å². The van der Waals surface area contributed by atoms with Gasteiger partial charge in [0.25, 0.3) is 5.91 Å². The predicted molar refractivity (Wildman–Crippen MR) is 101 cm³/mol. The molecule has 0 saturated carbocycles. The third kappa shape index (κ3) is 6.36. The van der Waals surface area contributed by atoms with Gasteiger partial charge in [-0.15, -0.1) is 0 Å². The van der Waals surface area contributed by atoms with Gasteiger partial charge in [-0.1, -0.05) is 12.1 Å². The van der Waals surface area contributed by atoms with Crippen LogP contribution < -0.4 is 20.1 Å². The number of carbonyl (C=O) groups is 3. The van der Waals surface area contributed by atoms with Gasteiger partial charge in [0.15, 0.2) is 18.1 Å². The number of rotatable bonds is 5. The average molecular weight is 438 g/mol. The van der Waals surface area contributed by atoms with Gasteiger partial charge in [0.05, 0.1) is 12.0 Å². The monoisotopic (exact) mass is 438 g/mol. The van der Waals surface area contributed by atoms with E-state index in [1.807, 2.05) is 5.32 Å². The Hall–Kier alpha value is -3.76. The zero-order valence-electron chi connectivity index (χ0n) is 16.0. The Labute approximate surface area is 174 Å². The van der Waals surface area contributed by atoms with E-state index in [1.54, 1.807) is 12.1 Å². The molecule has 0 atom stereocenters. The van der Waals surface area contributed by atoms with E-state index in [-0.39, 0.29) is 12.0 Å². The van der Waals surface area contributed by atoms with Gasteiger partial charge in [-0.05, 0) is 29.8 Å². The fourth-order valence-corrected chi connectivity index (χ4v) is 2.62. The molecular formula is C20H17F3N2O6. The van der Waals surface area contributed by atoms with E-state index >= 15 is 0 Å². The number of hydrogen-bond acceptors (Lipinski definition) is 6. The van der Waals surface area contributed by atoms with E-state index < -0.39 is 36.3 Å². The second kappa shape index (κ2) is 9.37. The van der Waals surface area contributed by atoms with Crippen molar-refractivity contribution in [1.82, 2.24) is 5.32 Å². The lowest BCUT2D eigenvalue weighted by molar-refractivity contribution is -0.147. The normalized spacial score (nSPS) is 12.6. The van der Waals surface area contributed by atoms with Crippen molar-refractivity contribution >= 4 is 23.6 Å². The van der Waals surface area contributed by atoms with Crippen LogP contribution in [0.5, 0.6) is 11.5 Å². The summed E-state index contributed by atoms with van der Waals surface area (Å²) >= 11 is 0. The summed E-state index contributed by atoms with van der Waals surface area (Å²) in [4.78, 5) is 35.4. The summed E-state index contributed by atoms with van der Waals surface area (Å²) in [6.45, 7) is 0.0688. The highest BCUT2D eigenvalue weighted by molar-refractivity contribution is 6.02. The van der Waals surface area contributed by atoms with E-state index in [0.29, 0.717) is 30.4 Å². The number of imide groups is 1. The Balaban J connectivity index is 1.42. The second-order valence-corrected chi connectivity index (χ2v) is 6.39. The maximum atomic E-state index is 12.5. The van der Waals surface area contributed by atoms with Crippen molar-refractivity contribution in [1.29, 1.82) is 0 Å². The number of anilines is 1. The van der Waals surface area contributed by atoms with Gasteiger partial charge in [-0.25, -0.2) is 4.79 Å². The molecule has 2 aromatic rings. The first-order valence-corrected chi connectivity index (χ1v) is 9.03. The zero-order valence-corrected chi connectivity index (χ0v) is 16.0. The first-order chi connectivity index (χ1) is 14.7. The van der Waals surface area contributed by atoms with Crippen molar-refractivity contribution in [3.63, 3.8) is 0 Å². The van der Waals surface area contributed by atoms with Crippen LogP contribution in [0.4, 0.5) is 23.7 Å². The van der Waals surface area contributed by atoms with Crippen LogP contribution in [-0.2, 0) is 26.9 Å². The maximum Gasteiger partial charge on any atom is 0.416 e. The molecule has 2 aromatic carbocycles. The smallest absolute Gasteiger partial charge is 0.416 e. The number of esters is 1. The average Bonchev–Trinajstić information content (AvgIpc) is 2.72. The lowest BCUT2D eigenvalue weighted by atomic mass is 10.1. The summed E-state index contributed by atoms with van der Waals surface area (Å²) in [5.41, 5.74) is -0.198. The number of fused-ring (bicyclic) bond motifs is 1. The van der Waals surface area contributed by atoms with Gasteiger partial charge >= 0.3 is 18.2 Å². The van der Waals surface area contributed by atoms with Gasteiger partial charge in [-0.3, -0.25) is 14.9 Å². The summed E-state index contributed by atoms with van der Waals surface area (Å²) in [5, 5.41) is 4.42. The highest BCUT2D eigenvalue weighted by Crippen LogP contribution is 2.32. The topological polar surface area (TPSA) is 103 Å². The SMILES string of the molecule is O=C(COC(=O)Cc1ccc(C(F)(F)F)cc1)NC(=O)Nc1ccc2c(c1)OCCO2. The Morgan fingerprint density at radius 1 is 0.968 bits per heavy atom. The highest BCUT2D eigenvalue weighted by Gasteiger charge is 2.30. The van der Waals surface area contributed by atoms with Crippen LogP contribution in [0, 0.1) is 0 Å². The standard InChI is InChI=1S/C20H17F3N2O6/c21-20(22,23)13-3-1-12(2-4-13)9-18(27)31-11-17(26)25-19(28)24-14-5-6-15-16(10-14)30-8-7-29-15/h1-6,10H,7-9,11H2,(H2,24,25,26,28). The largest absolute Gasteiger partial charge is 0.486 e. The molecule has 3 amide bonds. The van der Waals surface area contributed by atoms with Crippen LogP contribution in [-0.4, -0.2) is 37.7 Å². The summed E-state index contributed by atoms with van der Waals surface area (Å²) in [6.07, 6.45) is -4.80. The number of hydrogen-bond donors (Lipinski definition) is 2. The fraction of sp³-hybridized carbons (Fsp3) is 0.250. The Bertz CT molecular complexity index is 976. The van der Waals surface area contributed by atoms with Crippen molar-refractivity contribution < 1.29 is 41.8 Å². The quantitative estimate of drug-likeness (QED) is 0.696. The minimum absolute atomic E-state index is 0.287. The molecule has 0 bridgehead atoms. The van der Waals surface area contributed by atoms with Crippen LogP contribution in [0.3, 0.4) is 0 Å². The highest BCUT2D eigenvalue weighted by atomic mass is 19.4. The molecule has 0 fully saturated rings. The summed E-state index contributed by atoms with van der Waals surface area (Å²) in [7, 11) is 0. The molecule has 0 spiro atoms. The molecule has 11 heteroatoms. The lowest BCUT2D eigenvalue weighted by Gasteiger charge is -2.19. The first kappa shape index (κ1) is 21.9. The van der Waals surface area contributed by atoms with Gasteiger partial charge in [0.2, 0.25) is 0 Å². The van der Waals surface area contributed by atoms with E-state index in [0.717, 1.165) is 24.3 Å². The van der Waals surface area contributed by atoms with E-state index in [4.69, 9.17) is 14.2 Å². The number of halogens is 3. The number of benzene rings is 2. The molecule has 0 saturated heterocycles. The van der Waals surface area contributed by atoms with E-state index in [9.17, 15) is 27.6 Å². The van der Waals surface area contributed by atoms with Gasteiger partial charge in [-0.2, -0.15) is 13.2 Å². The molecule has 1 aliphatic heterocycles. The van der Waals surface area contributed by atoms with Crippen molar-refractivity contribution in [3.8, 4) is 11.5 Å². The molecule has 8 nitrogen and oxygen atoms in total. The molecule has 1 heterocycles. The van der Waals surface area contributed by atoms with E-state index in [2.05, 4.69) is 5.32 Å². The minimum atomic E-state index is -4.47. The zero-order chi connectivity index (χ0) is 22.4. The molecule has 0 aromatic heterocycles. The molecule has 0 aliphatic carbocycles. The minimum Gasteiger partial charge on any atom is -0.486 e. The molecule has 31 heavy (non-hydrogen) atoms. The number of urea groups is 1. The van der Waals surface area contributed by atoms with Crippen molar-refractivity contribution in [3.05, 3.63) is 53.6 Å². The van der Waals surface area contributed by atoms with Gasteiger partial charge < -0.3 is 19.5 Å². The third-order valence-corrected chi connectivity index (χ3v) is 4.05. The maximum absolute atomic E-state index is 12.5.